The van der Waals surface area contributed by atoms with Crippen LogP contribution in [0.4, 0.5) is 0 Å². The summed E-state index contributed by atoms with van der Waals surface area (Å²) in [7, 11) is -0.992. The van der Waals surface area contributed by atoms with Gasteiger partial charge in [0.25, 0.3) is 0 Å². The average molecular weight is 530 g/mol. The number of rotatable bonds is 6. The molecule has 0 atom stereocenters. The molecule has 170 valence electrons. The van der Waals surface area contributed by atoms with E-state index in [2.05, 4.69) is 20.9 Å². The Morgan fingerprint density at radius 2 is 1.97 bits per heavy atom. The summed E-state index contributed by atoms with van der Waals surface area (Å²) < 4.78 is 34.1. The standard InChI is InChI=1S/C23H20BrN3O5S/c1-3-32-23(29)19-18-15(12-27-10-9-25-13-27)21(28)16(24)11-17(18)26(2)20(19)22(33(30)31)14-7-5-4-6-8-14/h4-11,13,28H,3,12H2,1-2H3. The Bertz CT molecular complexity index is 1480. The van der Waals surface area contributed by atoms with Gasteiger partial charge in [0.1, 0.15) is 10.6 Å². The van der Waals surface area contributed by atoms with E-state index in [9.17, 15) is 18.3 Å². The maximum atomic E-state index is 13.2. The fourth-order valence-electron chi connectivity index (χ4n) is 3.91. The Morgan fingerprint density at radius 3 is 2.58 bits per heavy atom. The first-order valence-electron chi connectivity index (χ1n) is 10.0. The Balaban J connectivity index is 2.16. The minimum absolute atomic E-state index is 0.0402. The predicted octanol–water partition coefficient (Wildman–Crippen LogP) is 3.52. The van der Waals surface area contributed by atoms with Gasteiger partial charge in [0, 0.05) is 30.4 Å². The van der Waals surface area contributed by atoms with Crippen LogP contribution in [0.5, 0.6) is 5.75 Å². The number of hydrogen-bond donors (Lipinski definition) is 1. The summed E-state index contributed by atoms with van der Waals surface area (Å²) in [6.07, 6.45) is 4.93. The Labute approximate surface area is 199 Å². The summed E-state index contributed by atoms with van der Waals surface area (Å²) in [5, 5.41) is 11.3. The van der Waals surface area contributed by atoms with Crippen LogP contribution in [0.3, 0.4) is 0 Å². The van der Waals surface area contributed by atoms with Crippen molar-refractivity contribution in [3.63, 3.8) is 0 Å². The molecule has 4 aromatic rings. The van der Waals surface area contributed by atoms with Gasteiger partial charge in [-0.25, -0.2) is 9.78 Å². The van der Waals surface area contributed by atoms with Crippen LogP contribution in [-0.4, -0.2) is 45.1 Å². The SMILES string of the molecule is CCOC(=O)c1c(C(c2ccccc2)=S(=O)=O)n(C)c2cc(Br)c(O)c(Cn3ccnc3)c12. The third-order valence-electron chi connectivity index (χ3n) is 5.31. The molecule has 0 aliphatic carbocycles. The molecule has 0 amide bonds. The summed E-state index contributed by atoms with van der Waals surface area (Å²) in [4.78, 5) is 17.2. The number of carbonyl (C=O) groups excluding carboxylic acids is 1. The lowest BCUT2D eigenvalue weighted by Gasteiger charge is -2.11. The van der Waals surface area contributed by atoms with Crippen LogP contribution in [0.25, 0.3) is 10.9 Å². The van der Waals surface area contributed by atoms with E-state index in [0.29, 0.717) is 26.5 Å². The Morgan fingerprint density at radius 1 is 1.24 bits per heavy atom. The maximum Gasteiger partial charge on any atom is 0.341 e. The molecule has 0 aliphatic rings. The summed E-state index contributed by atoms with van der Waals surface area (Å²) in [5.41, 5.74) is 1.70. The van der Waals surface area contributed by atoms with E-state index in [4.69, 9.17) is 4.74 Å². The highest BCUT2D eigenvalue weighted by atomic mass is 79.9. The molecular formula is C23H20BrN3O5S. The average Bonchev–Trinajstić information content (AvgIpc) is 3.39. The normalized spacial score (nSPS) is 11.0. The van der Waals surface area contributed by atoms with Crippen LogP contribution in [0.2, 0.25) is 0 Å². The molecule has 0 aliphatic heterocycles. The quantitative estimate of drug-likeness (QED) is 0.233. The minimum Gasteiger partial charge on any atom is -0.506 e. The molecule has 10 heteroatoms. The van der Waals surface area contributed by atoms with Gasteiger partial charge in [0.05, 0.1) is 40.7 Å². The third-order valence-corrected chi connectivity index (χ3v) is 6.68. The highest BCUT2D eigenvalue weighted by Gasteiger charge is 2.30. The van der Waals surface area contributed by atoms with Crippen LogP contribution >= 0.6 is 15.9 Å². The van der Waals surface area contributed by atoms with Crippen LogP contribution in [-0.2, 0) is 28.6 Å². The molecule has 33 heavy (non-hydrogen) atoms. The van der Waals surface area contributed by atoms with Crippen LogP contribution in [0, 0.1) is 0 Å². The zero-order valence-corrected chi connectivity index (χ0v) is 20.2. The summed E-state index contributed by atoms with van der Waals surface area (Å²) >= 11 is 3.39. The fourth-order valence-corrected chi connectivity index (χ4v) is 5.10. The number of aryl methyl sites for hydroxylation is 1. The molecule has 2 heterocycles. The number of hydrogen-bond acceptors (Lipinski definition) is 6. The highest BCUT2D eigenvalue weighted by Crippen LogP contribution is 2.40. The Hall–Kier alpha value is -3.37. The number of aromatic hydroxyl groups is 1. The summed E-state index contributed by atoms with van der Waals surface area (Å²) in [6.45, 7) is 1.99. The van der Waals surface area contributed by atoms with Crippen molar-refractivity contribution < 1.29 is 23.1 Å². The number of halogens is 1. The number of phenols is 1. The van der Waals surface area contributed by atoms with Crippen molar-refractivity contribution >= 4 is 48.0 Å². The van der Waals surface area contributed by atoms with Gasteiger partial charge in [-0.3, -0.25) is 0 Å². The molecule has 0 bridgehead atoms. The lowest BCUT2D eigenvalue weighted by atomic mass is 10.0. The molecular weight excluding hydrogens is 510 g/mol. The van der Waals surface area contributed by atoms with Crippen LogP contribution in [0.15, 0.2) is 59.6 Å². The highest BCUT2D eigenvalue weighted by molar-refractivity contribution is 9.10. The number of ether oxygens (including phenoxy) is 1. The van der Waals surface area contributed by atoms with Crippen molar-refractivity contribution in [2.24, 2.45) is 7.05 Å². The van der Waals surface area contributed by atoms with Gasteiger partial charge in [-0.15, -0.1) is 0 Å². The summed E-state index contributed by atoms with van der Waals surface area (Å²) in [6, 6.07) is 10.2. The fraction of sp³-hybridized carbons (Fsp3) is 0.174. The number of carbonyl (C=O) groups is 1. The van der Waals surface area contributed by atoms with Crippen molar-refractivity contribution in [1.82, 2.24) is 14.1 Å². The van der Waals surface area contributed by atoms with Gasteiger partial charge in [-0.05, 0) is 34.5 Å². The third kappa shape index (κ3) is 4.07. The van der Waals surface area contributed by atoms with Crippen molar-refractivity contribution in [3.8, 4) is 5.75 Å². The number of aromatic nitrogens is 3. The zero-order chi connectivity index (χ0) is 23.7. The van der Waals surface area contributed by atoms with Gasteiger partial charge in [0.15, 0.2) is 0 Å². The van der Waals surface area contributed by atoms with Gasteiger partial charge in [0.2, 0.25) is 10.3 Å². The zero-order valence-electron chi connectivity index (χ0n) is 17.8. The largest absolute Gasteiger partial charge is 0.506 e. The molecule has 4 rings (SSSR count). The second-order valence-corrected chi connectivity index (χ2v) is 8.98. The number of nitrogens with zero attached hydrogens (tertiary/aromatic N) is 3. The first-order chi connectivity index (χ1) is 15.8. The molecule has 0 saturated heterocycles. The number of fused-ring (bicyclic) bond motifs is 1. The molecule has 1 N–H and O–H groups in total. The van der Waals surface area contributed by atoms with E-state index in [1.807, 2.05) is 0 Å². The number of benzene rings is 2. The van der Waals surface area contributed by atoms with Crippen LogP contribution < -0.4 is 0 Å². The van der Waals surface area contributed by atoms with Crippen LogP contribution in [0.1, 0.15) is 34.1 Å². The first-order valence-corrected chi connectivity index (χ1v) is 11.9. The maximum absolute atomic E-state index is 13.2. The van der Waals surface area contributed by atoms with Gasteiger partial charge >= 0.3 is 5.97 Å². The number of esters is 1. The van der Waals surface area contributed by atoms with Crippen molar-refractivity contribution in [2.45, 2.75) is 13.5 Å². The van der Waals surface area contributed by atoms with E-state index in [1.165, 1.54) is 0 Å². The molecule has 0 spiro atoms. The summed E-state index contributed by atoms with van der Waals surface area (Å²) in [5.74, 6) is -0.728. The van der Waals surface area contributed by atoms with Gasteiger partial charge < -0.3 is 19.0 Å². The molecule has 0 saturated carbocycles. The lowest BCUT2D eigenvalue weighted by molar-refractivity contribution is 0.0528. The van der Waals surface area contributed by atoms with Crippen molar-refractivity contribution in [2.75, 3.05) is 6.61 Å². The predicted molar refractivity (Wildman–Crippen MR) is 128 cm³/mol. The van der Waals surface area contributed by atoms with Crippen molar-refractivity contribution in [1.29, 1.82) is 0 Å². The monoisotopic (exact) mass is 529 g/mol. The smallest absolute Gasteiger partial charge is 0.341 e. The molecule has 0 fully saturated rings. The molecule has 8 nitrogen and oxygen atoms in total. The first kappa shape index (κ1) is 22.8. The Kier molecular flexibility index (Phi) is 6.39. The lowest BCUT2D eigenvalue weighted by Crippen LogP contribution is -2.16. The minimum atomic E-state index is -2.67. The molecule has 0 unspecified atom stereocenters. The van der Waals surface area contributed by atoms with Gasteiger partial charge in [-0.2, -0.15) is 8.42 Å². The topological polar surface area (TPSA) is 103 Å². The van der Waals surface area contributed by atoms with Gasteiger partial charge in [-0.1, -0.05) is 30.3 Å². The van der Waals surface area contributed by atoms with E-state index >= 15 is 0 Å². The molecule has 0 radical (unpaired) electrons. The van der Waals surface area contributed by atoms with E-state index in [-0.39, 0.29) is 35.0 Å². The second kappa shape index (κ2) is 9.24. The number of phenolic OH excluding ortho intramolecular Hbond substituents is 1. The molecule has 2 aromatic heterocycles. The van der Waals surface area contributed by atoms with E-state index < -0.39 is 16.3 Å². The number of imidazole rings is 1. The van der Waals surface area contributed by atoms with Crippen molar-refractivity contribution in [3.05, 3.63) is 82.0 Å². The van der Waals surface area contributed by atoms with E-state index in [0.717, 1.165) is 0 Å². The second-order valence-electron chi connectivity index (χ2n) is 7.25. The molecule has 2 aromatic carbocycles. The van der Waals surface area contributed by atoms with E-state index in [1.54, 1.807) is 78.2 Å².